The van der Waals surface area contributed by atoms with Crippen molar-refractivity contribution in [2.24, 2.45) is 22.7 Å². The van der Waals surface area contributed by atoms with Crippen LogP contribution < -0.4 is 0 Å². The number of hydrogen-bond acceptors (Lipinski definition) is 4. The molecule has 0 unspecified atom stereocenters. The summed E-state index contributed by atoms with van der Waals surface area (Å²) in [6.07, 6.45) is 8.35. The molecule has 2 rings (SSSR count). The second kappa shape index (κ2) is 4.03. The van der Waals surface area contributed by atoms with Crippen LogP contribution in [0.1, 0.15) is 12.8 Å². The zero-order valence-electron chi connectivity index (χ0n) is 9.67. The van der Waals surface area contributed by atoms with Crippen LogP contribution >= 0.6 is 0 Å². The minimum Gasteiger partial charge on any atom is -0.196 e. The van der Waals surface area contributed by atoms with E-state index in [1.54, 1.807) is 12.2 Å². The molecule has 0 N–H and O–H groups in total. The molecule has 2 bridgehead atoms. The van der Waals surface area contributed by atoms with Crippen LogP contribution in [0.5, 0.6) is 0 Å². The third-order valence-electron chi connectivity index (χ3n) is 4.05. The molecule has 18 heavy (non-hydrogen) atoms. The van der Waals surface area contributed by atoms with Gasteiger partial charge in [-0.2, -0.15) is 21.0 Å². The van der Waals surface area contributed by atoms with Gasteiger partial charge in [0.1, 0.15) is 0 Å². The molecule has 0 heterocycles. The number of nitriles is 4. The third-order valence-corrected chi connectivity index (χ3v) is 4.05. The van der Waals surface area contributed by atoms with Crippen molar-refractivity contribution in [3.05, 3.63) is 24.3 Å². The maximum absolute atomic E-state index is 9.42. The van der Waals surface area contributed by atoms with Crippen LogP contribution in [0.4, 0.5) is 0 Å². The summed E-state index contributed by atoms with van der Waals surface area (Å²) in [6.45, 7) is 0. The second-order valence-electron chi connectivity index (χ2n) is 4.65. The number of allylic oxidation sites excluding steroid dienone is 4. The highest BCUT2D eigenvalue weighted by Gasteiger charge is 2.67. The van der Waals surface area contributed by atoms with E-state index >= 15 is 0 Å². The number of rotatable bonds is 0. The Morgan fingerprint density at radius 1 is 0.889 bits per heavy atom. The fourth-order valence-corrected chi connectivity index (χ4v) is 3.04. The molecule has 0 aromatic heterocycles. The van der Waals surface area contributed by atoms with Gasteiger partial charge in [-0.25, -0.2) is 0 Å². The molecule has 0 radical (unpaired) electrons. The summed E-state index contributed by atoms with van der Waals surface area (Å²) < 4.78 is 0. The van der Waals surface area contributed by atoms with E-state index in [0.29, 0.717) is 12.8 Å². The molecule has 2 aliphatic carbocycles. The highest BCUT2D eigenvalue weighted by Crippen LogP contribution is 2.60. The summed E-state index contributed by atoms with van der Waals surface area (Å²) in [7, 11) is 0. The first-order valence-corrected chi connectivity index (χ1v) is 5.69. The maximum Gasteiger partial charge on any atom is 0.181 e. The largest absolute Gasteiger partial charge is 0.196 e. The van der Waals surface area contributed by atoms with Crippen molar-refractivity contribution >= 4 is 0 Å². The van der Waals surface area contributed by atoms with Crippen molar-refractivity contribution < 1.29 is 0 Å². The van der Waals surface area contributed by atoms with Gasteiger partial charge < -0.3 is 0 Å². The molecule has 2 aliphatic rings. The van der Waals surface area contributed by atoms with Gasteiger partial charge in [0.15, 0.2) is 10.8 Å². The van der Waals surface area contributed by atoms with E-state index in [1.807, 2.05) is 36.4 Å². The average Bonchev–Trinajstić information content (AvgIpc) is 2.67. The van der Waals surface area contributed by atoms with E-state index < -0.39 is 10.8 Å². The minimum absolute atomic E-state index is 0.266. The van der Waals surface area contributed by atoms with Crippen LogP contribution in [0, 0.1) is 68.0 Å². The third kappa shape index (κ3) is 1.15. The molecular formula is C14H10N4. The van der Waals surface area contributed by atoms with E-state index in [0.717, 1.165) is 0 Å². The van der Waals surface area contributed by atoms with E-state index in [1.165, 1.54) is 0 Å². The van der Waals surface area contributed by atoms with Gasteiger partial charge in [0.2, 0.25) is 0 Å². The van der Waals surface area contributed by atoms with Crippen LogP contribution in [0.15, 0.2) is 24.3 Å². The first-order valence-electron chi connectivity index (χ1n) is 5.69. The van der Waals surface area contributed by atoms with Crippen LogP contribution in [0.2, 0.25) is 0 Å². The first-order chi connectivity index (χ1) is 8.70. The van der Waals surface area contributed by atoms with Crippen molar-refractivity contribution in [2.45, 2.75) is 12.8 Å². The molecular weight excluding hydrogens is 224 g/mol. The van der Waals surface area contributed by atoms with Crippen molar-refractivity contribution in [2.75, 3.05) is 0 Å². The molecule has 0 amide bonds. The smallest absolute Gasteiger partial charge is 0.181 e. The monoisotopic (exact) mass is 234 g/mol. The van der Waals surface area contributed by atoms with Gasteiger partial charge in [0, 0.05) is 5.92 Å². The predicted octanol–water partition coefficient (Wildman–Crippen LogP) is 2.21. The Hall–Kier alpha value is -2.56. The van der Waals surface area contributed by atoms with Crippen LogP contribution in [0.3, 0.4) is 0 Å². The van der Waals surface area contributed by atoms with E-state index in [-0.39, 0.29) is 11.8 Å². The van der Waals surface area contributed by atoms with Gasteiger partial charge in [-0.1, -0.05) is 24.3 Å². The van der Waals surface area contributed by atoms with Crippen LogP contribution in [0.25, 0.3) is 0 Å². The fourth-order valence-electron chi connectivity index (χ4n) is 3.04. The summed E-state index contributed by atoms with van der Waals surface area (Å²) in [5.41, 5.74) is -3.11. The van der Waals surface area contributed by atoms with Gasteiger partial charge in [-0.05, 0) is 18.8 Å². The molecule has 0 aromatic rings. The zero-order valence-corrected chi connectivity index (χ0v) is 9.67. The highest BCUT2D eigenvalue weighted by molar-refractivity contribution is 5.42. The van der Waals surface area contributed by atoms with Gasteiger partial charge >= 0.3 is 0 Å². The Bertz CT molecular complexity index is 557. The molecule has 0 saturated heterocycles. The van der Waals surface area contributed by atoms with Crippen molar-refractivity contribution in [3.8, 4) is 24.3 Å². The molecule has 0 aliphatic heterocycles. The lowest BCUT2D eigenvalue weighted by Gasteiger charge is -2.29. The summed E-state index contributed by atoms with van der Waals surface area (Å²) >= 11 is 0. The Kier molecular flexibility index (Phi) is 2.67. The molecule has 4 nitrogen and oxygen atoms in total. The standard InChI is InChI=1S/C14H10N4/c15-7-13(8-16)11-4-2-1-3-5-12(6-11)14(13,9-17)10-18/h1-4,11-12H,5-6H2/t11-,12+/m1/s1. The SMILES string of the molecule is N#CC1(C#N)[C@H]2CC=CC=C[C@H](C2)C1(C#N)C#N. The Morgan fingerprint density at radius 2 is 1.50 bits per heavy atom. The maximum atomic E-state index is 9.42. The predicted molar refractivity (Wildman–Crippen MR) is 61.8 cm³/mol. The molecule has 1 saturated carbocycles. The summed E-state index contributed by atoms with van der Waals surface area (Å²) in [5, 5.41) is 37.7. The van der Waals surface area contributed by atoms with Crippen molar-refractivity contribution in [1.82, 2.24) is 0 Å². The average molecular weight is 234 g/mol. The van der Waals surface area contributed by atoms with Crippen LogP contribution in [-0.4, -0.2) is 0 Å². The van der Waals surface area contributed by atoms with Crippen molar-refractivity contribution in [1.29, 1.82) is 21.0 Å². The van der Waals surface area contributed by atoms with Gasteiger partial charge in [-0.3, -0.25) is 0 Å². The normalized spacial score (nSPS) is 30.0. The Morgan fingerprint density at radius 3 is 2.06 bits per heavy atom. The van der Waals surface area contributed by atoms with E-state index in [4.69, 9.17) is 0 Å². The summed E-state index contributed by atoms with van der Waals surface area (Å²) in [4.78, 5) is 0. The topological polar surface area (TPSA) is 95.2 Å². The molecule has 2 atom stereocenters. The van der Waals surface area contributed by atoms with Crippen molar-refractivity contribution in [3.63, 3.8) is 0 Å². The quantitative estimate of drug-likeness (QED) is 0.641. The lowest BCUT2D eigenvalue weighted by atomic mass is 9.62. The Labute approximate surface area is 106 Å². The zero-order chi connectivity index (χ0) is 13.2. The lowest BCUT2D eigenvalue weighted by molar-refractivity contribution is 0.266. The van der Waals surface area contributed by atoms with Gasteiger partial charge in [0.25, 0.3) is 0 Å². The van der Waals surface area contributed by atoms with Crippen LogP contribution in [-0.2, 0) is 0 Å². The van der Waals surface area contributed by atoms with Gasteiger partial charge in [0.05, 0.1) is 24.3 Å². The molecule has 0 spiro atoms. The fraction of sp³-hybridized carbons (Fsp3) is 0.429. The molecule has 1 fully saturated rings. The molecule has 0 aromatic carbocycles. The molecule has 4 heteroatoms. The summed E-state index contributed by atoms with van der Waals surface area (Å²) in [5.74, 6) is -0.625. The van der Waals surface area contributed by atoms with Gasteiger partial charge in [-0.15, -0.1) is 0 Å². The lowest BCUT2D eigenvalue weighted by Crippen LogP contribution is -2.40. The van der Waals surface area contributed by atoms with E-state index in [2.05, 4.69) is 0 Å². The number of nitrogens with zero attached hydrogens (tertiary/aromatic N) is 4. The summed E-state index contributed by atoms with van der Waals surface area (Å²) in [6, 6.07) is 7.87. The van der Waals surface area contributed by atoms with E-state index in [9.17, 15) is 21.0 Å². The minimum atomic E-state index is -1.57. The highest BCUT2D eigenvalue weighted by atomic mass is 14.7. The molecule has 86 valence electrons. The number of hydrogen-bond donors (Lipinski definition) is 0. The second-order valence-corrected chi connectivity index (χ2v) is 4.65. The number of fused-ring (bicyclic) bond motifs is 2. The first kappa shape index (κ1) is 11.9. The Balaban J connectivity index is 2.72.